The fraction of sp³-hybridized carbons (Fsp3) is 0.0588. The lowest BCUT2D eigenvalue weighted by atomic mass is 10.2. The van der Waals surface area contributed by atoms with Crippen LogP contribution in [0.15, 0.2) is 53.9 Å². The number of carbonyl (C=O) groups is 1. The molecule has 0 atom stereocenters. The molecule has 6 heteroatoms. The minimum absolute atomic E-state index is 0.116. The van der Waals surface area contributed by atoms with Gasteiger partial charge in [0.05, 0.1) is 22.0 Å². The molecule has 2 N–H and O–H groups in total. The second kappa shape index (κ2) is 6.81. The molecule has 4 nitrogen and oxygen atoms in total. The van der Waals surface area contributed by atoms with E-state index in [1.807, 2.05) is 35.7 Å². The third-order valence-corrected chi connectivity index (χ3v) is 4.44. The van der Waals surface area contributed by atoms with E-state index >= 15 is 0 Å². The molecular weight excluding hydrogens is 332 g/mol. The van der Waals surface area contributed by atoms with Crippen LogP contribution >= 0.6 is 22.9 Å². The number of esters is 1. The number of halogens is 1. The Bertz CT molecular complexity index is 834. The molecule has 1 aromatic heterocycles. The van der Waals surface area contributed by atoms with Gasteiger partial charge in [-0.2, -0.15) is 0 Å². The van der Waals surface area contributed by atoms with Gasteiger partial charge in [0, 0.05) is 10.9 Å². The molecule has 0 unspecified atom stereocenters. The van der Waals surface area contributed by atoms with E-state index in [1.54, 1.807) is 12.1 Å². The Morgan fingerprint density at radius 3 is 2.74 bits per heavy atom. The number of hydrogen-bond donors (Lipinski definition) is 1. The van der Waals surface area contributed by atoms with E-state index < -0.39 is 5.97 Å². The van der Waals surface area contributed by atoms with Crippen LogP contribution in [-0.2, 0) is 11.3 Å². The number of rotatable bonds is 4. The zero-order valence-electron chi connectivity index (χ0n) is 12.0. The van der Waals surface area contributed by atoms with Gasteiger partial charge in [0.1, 0.15) is 11.6 Å². The number of carbonyl (C=O) groups excluding carboxylic acids is 1. The Morgan fingerprint density at radius 2 is 2.00 bits per heavy atom. The molecule has 0 saturated carbocycles. The van der Waals surface area contributed by atoms with Crippen LogP contribution in [0.2, 0.25) is 5.02 Å². The van der Waals surface area contributed by atoms with E-state index in [9.17, 15) is 4.79 Å². The van der Waals surface area contributed by atoms with Gasteiger partial charge in [0.25, 0.3) is 0 Å². The van der Waals surface area contributed by atoms with Crippen LogP contribution in [0.4, 0.5) is 5.69 Å². The summed E-state index contributed by atoms with van der Waals surface area (Å²) in [6.45, 7) is 0.116. The van der Waals surface area contributed by atoms with E-state index in [1.165, 1.54) is 17.4 Å². The molecule has 0 bridgehead atoms. The monoisotopic (exact) mass is 344 g/mol. The summed E-state index contributed by atoms with van der Waals surface area (Å²) in [6, 6.07) is 14.5. The van der Waals surface area contributed by atoms with Crippen molar-refractivity contribution in [3.63, 3.8) is 0 Å². The molecule has 0 fully saturated rings. The van der Waals surface area contributed by atoms with Gasteiger partial charge >= 0.3 is 5.97 Å². The van der Waals surface area contributed by atoms with Crippen LogP contribution in [0.1, 0.15) is 16.1 Å². The minimum atomic E-state index is -0.456. The van der Waals surface area contributed by atoms with Crippen molar-refractivity contribution < 1.29 is 9.53 Å². The van der Waals surface area contributed by atoms with Gasteiger partial charge in [-0.3, -0.25) is 0 Å². The molecule has 1 heterocycles. The van der Waals surface area contributed by atoms with Crippen LogP contribution < -0.4 is 5.73 Å². The van der Waals surface area contributed by atoms with E-state index in [-0.39, 0.29) is 6.61 Å². The first-order valence-electron chi connectivity index (χ1n) is 6.85. The number of hydrogen-bond acceptors (Lipinski definition) is 5. The molecule has 0 amide bonds. The number of aromatic nitrogens is 1. The van der Waals surface area contributed by atoms with Gasteiger partial charge in [-0.05, 0) is 18.2 Å². The molecule has 0 spiro atoms. The normalized spacial score (nSPS) is 10.5. The topological polar surface area (TPSA) is 65.2 Å². The summed E-state index contributed by atoms with van der Waals surface area (Å²) in [7, 11) is 0. The lowest BCUT2D eigenvalue weighted by Crippen LogP contribution is -2.06. The van der Waals surface area contributed by atoms with Gasteiger partial charge in [-0.1, -0.05) is 41.9 Å². The van der Waals surface area contributed by atoms with Gasteiger partial charge in [0.15, 0.2) is 0 Å². The average molecular weight is 345 g/mol. The predicted molar refractivity (Wildman–Crippen MR) is 92.5 cm³/mol. The standard InChI is InChI=1S/C17H13ClN2O2S/c18-14-7-6-12(8-15(14)19)17(21)22-9-13-10-23-16(20-13)11-4-2-1-3-5-11/h1-8,10H,9,19H2. The van der Waals surface area contributed by atoms with Crippen molar-refractivity contribution in [1.82, 2.24) is 4.98 Å². The van der Waals surface area contributed by atoms with Crippen LogP contribution in [0.5, 0.6) is 0 Å². The molecule has 0 aliphatic carbocycles. The van der Waals surface area contributed by atoms with Crippen molar-refractivity contribution in [3.05, 3.63) is 70.2 Å². The fourth-order valence-electron chi connectivity index (χ4n) is 1.98. The average Bonchev–Trinajstić information content (AvgIpc) is 3.05. The summed E-state index contributed by atoms with van der Waals surface area (Å²) in [5, 5.41) is 3.19. The number of benzene rings is 2. The largest absolute Gasteiger partial charge is 0.456 e. The van der Waals surface area contributed by atoms with Crippen molar-refractivity contribution in [3.8, 4) is 10.6 Å². The lowest BCUT2D eigenvalue weighted by molar-refractivity contribution is 0.0468. The Balaban J connectivity index is 1.65. The number of thiazole rings is 1. The van der Waals surface area contributed by atoms with Crippen molar-refractivity contribution in [2.45, 2.75) is 6.61 Å². The summed E-state index contributed by atoms with van der Waals surface area (Å²) in [4.78, 5) is 16.5. The van der Waals surface area contributed by atoms with E-state index in [2.05, 4.69) is 4.98 Å². The first-order valence-corrected chi connectivity index (χ1v) is 8.11. The quantitative estimate of drug-likeness (QED) is 0.562. The van der Waals surface area contributed by atoms with Crippen LogP contribution in [0.25, 0.3) is 10.6 Å². The van der Waals surface area contributed by atoms with Gasteiger partial charge in [0.2, 0.25) is 0 Å². The lowest BCUT2D eigenvalue weighted by Gasteiger charge is -2.04. The van der Waals surface area contributed by atoms with Gasteiger partial charge in [-0.15, -0.1) is 11.3 Å². The minimum Gasteiger partial charge on any atom is -0.456 e. The maximum Gasteiger partial charge on any atom is 0.338 e. The summed E-state index contributed by atoms with van der Waals surface area (Å²) in [5.41, 5.74) is 8.15. The molecule has 3 aromatic rings. The Morgan fingerprint density at radius 1 is 1.22 bits per heavy atom. The Labute approximate surface area is 142 Å². The third kappa shape index (κ3) is 3.70. The number of nitrogens with two attached hydrogens (primary N) is 1. The van der Waals surface area contributed by atoms with E-state index in [0.717, 1.165) is 10.6 Å². The highest BCUT2D eigenvalue weighted by Gasteiger charge is 2.11. The molecule has 0 aliphatic heterocycles. The van der Waals surface area contributed by atoms with E-state index in [0.29, 0.717) is 22.0 Å². The predicted octanol–water partition coefficient (Wildman–Crippen LogP) is 4.40. The maximum atomic E-state index is 12.0. The molecule has 23 heavy (non-hydrogen) atoms. The molecule has 0 aliphatic rings. The van der Waals surface area contributed by atoms with Gasteiger partial charge < -0.3 is 10.5 Å². The zero-order chi connectivity index (χ0) is 16.2. The Hall–Kier alpha value is -2.37. The van der Waals surface area contributed by atoms with Crippen LogP contribution in [0, 0.1) is 0 Å². The fourth-order valence-corrected chi connectivity index (χ4v) is 2.91. The van der Waals surface area contributed by atoms with Crippen molar-refractivity contribution in [2.75, 3.05) is 5.73 Å². The second-order valence-corrected chi connectivity index (χ2v) is 6.09. The maximum absolute atomic E-state index is 12.0. The molecule has 2 aromatic carbocycles. The first kappa shape index (κ1) is 15.5. The highest BCUT2D eigenvalue weighted by molar-refractivity contribution is 7.13. The molecule has 0 radical (unpaired) electrons. The highest BCUT2D eigenvalue weighted by atomic mass is 35.5. The summed E-state index contributed by atoms with van der Waals surface area (Å²) < 4.78 is 5.26. The third-order valence-electron chi connectivity index (χ3n) is 3.16. The first-order chi connectivity index (χ1) is 11.1. The molecule has 3 rings (SSSR count). The van der Waals surface area contributed by atoms with E-state index in [4.69, 9.17) is 22.1 Å². The molecule has 116 valence electrons. The van der Waals surface area contributed by atoms with Crippen molar-refractivity contribution in [1.29, 1.82) is 0 Å². The smallest absolute Gasteiger partial charge is 0.338 e. The number of anilines is 1. The Kier molecular flexibility index (Phi) is 4.60. The van der Waals surface area contributed by atoms with Crippen LogP contribution in [-0.4, -0.2) is 11.0 Å². The van der Waals surface area contributed by atoms with Crippen molar-refractivity contribution in [2.24, 2.45) is 0 Å². The second-order valence-electron chi connectivity index (χ2n) is 4.82. The number of nitrogen functional groups attached to an aromatic ring is 1. The molecule has 0 saturated heterocycles. The zero-order valence-corrected chi connectivity index (χ0v) is 13.6. The van der Waals surface area contributed by atoms with Gasteiger partial charge in [-0.25, -0.2) is 9.78 Å². The molecular formula is C17H13ClN2O2S. The number of ether oxygens (including phenoxy) is 1. The van der Waals surface area contributed by atoms with Crippen molar-refractivity contribution >= 4 is 34.6 Å². The van der Waals surface area contributed by atoms with Crippen LogP contribution in [0.3, 0.4) is 0 Å². The summed E-state index contributed by atoms with van der Waals surface area (Å²) in [5.74, 6) is -0.456. The number of nitrogens with zero attached hydrogens (tertiary/aromatic N) is 1. The summed E-state index contributed by atoms with van der Waals surface area (Å²) >= 11 is 7.35. The summed E-state index contributed by atoms with van der Waals surface area (Å²) in [6.07, 6.45) is 0. The highest BCUT2D eigenvalue weighted by Crippen LogP contribution is 2.24. The SMILES string of the molecule is Nc1cc(C(=O)OCc2csc(-c3ccccc3)n2)ccc1Cl.